The Hall–Kier alpha value is -1.80. The second-order valence-corrected chi connectivity index (χ2v) is 6.88. The number of alkyl halides is 3. The Balaban J connectivity index is 1.87. The van der Waals surface area contributed by atoms with E-state index < -0.39 is 18.7 Å². The van der Waals surface area contributed by atoms with Crippen LogP contribution in [0.2, 0.25) is 5.02 Å². The van der Waals surface area contributed by atoms with E-state index in [4.69, 9.17) is 11.6 Å². The lowest BCUT2D eigenvalue weighted by molar-refractivity contribution is -0.174. The maximum absolute atomic E-state index is 12.4. The molecule has 1 aromatic carbocycles. The lowest BCUT2D eigenvalue weighted by atomic mass is 9.95. The summed E-state index contributed by atoms with van der Waals surface area (Å²) in [6.45, 7) is -1.75. The summed E-state index contributed by atoms with van der Waals surface area (Å²) in [7, 11) is 0. The minimum absolute atomic E-state index is 0.117. The van der Waals surface area contributed by atoms with E-state index >= 15 is 0 Å². The number of amides is 2. The van der Waals surface area contributed by atoms with Gasteiger partial charge in [-0.25, -0.2) is 0 Å². The van der Waals surface area contributed by atoms with E-state index in [-0.39, 0.29) is 35.6 Å². The largest absolute Gasteiger partial charge is 0.411 e. The molecule has 1 aliphatic carbocycles. The summed E-state index contributed by atoms with van der Waals surface area (Å²) < 4.78 is 40.3. The molecule has 0 spiro atoms. The highest BCUT2D eigenvalue weighted by atomic mass is 35.5. The van der Waals surface area contributed by atoms with Crippen LogP contribution in [0.25, 0.3) is 0 Å². The molecule has 0 bridgehead atoms. The average Bonchev–Trinajstić information content (AvgIpc) is 2.60. The Labute approximate surface area is 160 Å². The van der Waals surface area contributed by atoms with Gasteiger partial charge in [0.05, 0.1) is 23.6 Å². The molecule has 27 heavy (non-hydrogen) atoms. The van der Waals surface area contributed by atoms with Gasteiger partial charge in [-0.15, -0.1) is 0 Å². The Morgan fingerprint density at radius 3 is 2.56 bits per heavy atom. The Kier molecular flexibility index (Phi) is 7.91. The first-order chi connectivity index (χ1) is 12.7. The van der Waals surface area contributed by atoms with Gasteiger partial charge in [0.25, 0.3) is 5.91 Å². The SMILES string of the molecule is O=C(CCOCC(F)(F)F)Nc1ccc(Cl)c(C(=O)NC2CCCCC2)c1. The first-order valence-corrected chi connectivity index (χ1v) is 9.17. The van der Waals surface area contributed by atoms with Gasteiger partial charge in [-0.2, -0.15) is 13.2 Å². The smallest absolute Gasteiger partial charge is 0.372 e. The van der Waals surface area contributed by atoms with E-state index in [9.17, 15) is 22.8 Å². The third-order valence-corrected chi connectivity index (χ3v) is 4.50. The molecular weight excluding hydrogens is 385 g/mol. The van der Waals surface area contributed by atoms with Crippen LogP contribution < -0.4 is 10.6 Å². The molecule has 0 aromatic heterocycles. The van der Waals surface area contributed by atoms with Crippen LogP contribution in [0.4, 0.5) is 18.9 Å². The molecule has 0 saturated heterocycles. The van der Waals surface area contributed by atoms with Gasteiger partial charge >= 0.3 is 6.18 Å². The van der Waals surface area contributed by atoms with E-state index in [0.717, 1.165) is 25.7 Å². The molecule has 5 nitrogen and oxygen atoms in total. The number of rotatable bonds is 7. The van der Waals surface area contributed by atoms with Crippen molar-refractivity contribution in [2.24, 2.45) is 0 Å². The highest BCUT2D eigenvalue weighted by Crippen LogP contribution is 2.23. The molecule has 0 aliphatic heterocycles. The summed E-state index contributed by atoms with van der Waals surface area (Å²) in [5.74, 6) is -0.824. The molecule has 150 valence electrons. The summed E-state index contributed by atoms with van der Waals surface area (Å²) in [5, 5.41) is 5.74. The first kappa shape index (κ1) is 21.5. The van der Waals surface area contributed by atoms with Gasteiger partial charge in [-0.05, 0) is 31.0 Å². The third kappa shape index (κ3) is 7.76. The second-order valence-electron chi connectivity index (χ2n) is 6.47. The lowest BCUT2D eigenvalue weighted by Gasteiger charge is -2.23. The number of hydrogen-bond donors (Lipinski definition) is 2. The van der Waals surface area contributed by atoms with Gasteiger partial charge in [0, 0.05) is 11.7 Å². The maximum Gasteiger partial charge on any atom is 0.411 e. The van der Waals surface area contributed by atoms with Crippen molar-refractivity contribution >= 4 is 29.1 Å². The zero-order valence-corrected chi connectivity index (χ0v) is 15.5. The summed E-state index contributed by atoms with van der Waals surface area (Å²) in [4.78, 5) is 24.3. The van der Waals surface area contributed by atoms with E-state index in [0.29, 0.717) is 5.69 Å². The molecule has 1 saturated carbocycles. The second kappa shape index (κ2) is 9.94. The molecule has 1 aromatic rings. The fraction of sp³-hybridized carbons (Fsp3) is 0.556. The minimum Gasteiger partial charge on any atom is -0.372 e. The van der Waals surface area contributed by atoms with Gasteiger partial charge in [0.2, 0.25) is 5.91 Å². The van der Waals surface area contributed by atoms with Crippen LogP contribution in [-0.4, -0.2) is 37.2 Å². The molecule has 0 unspecified atom stereocenters. The van der Waals surface area contributed by atoms with Gasteiger partial charge < -0.3 is 15.4 Å². The topological polar surface area (TPSA) is 67.4 Å². The Morgan fingerprint density at radius 2 is 1.89 bits per heavy atom. The zero-order chi connectivity index (χ0) is 19.9. The molecule has 0 radical (unpaired) electrons. The van der Waals surface area contributed by atoms with E-state index in [2.05, 4.69) is 15.4 Å². The molecule has 0 heterocycles. The predicted octanol–water partition coefficient (Wildman–Crippen LogP) is 4.31. The summed E-state index contributed by atoms with van der Waals surface area (Å²) in [6, 6.07) is 4.59. The van der Waals surface area contributed by atoms with Gasteiger partial charge in [0.1, 0.15) is 6.61 Å². The van der Waals surface area contributed by atoms with Crippen molar-refractivity contribution in [1.29, 1.82) is 0 Å². The normalized spacial score (nSPS) is 15.4. The Bertz CT molecular complexity index is 662. The van der Waals surface area contributed by atoms with Crippen molar-refractivity contribution in [3.63, 3.8) is 0 Å². The van der Waals surface area contributed by atoms with E-state index in [1.54, 1.807) is 0 Å². The van der Waals surface area contributed by atoms with Crippen molar-refractivity contribution in [2.75, 3.05) is 18.5 Å². The number of carbonyl (C=O) groups is 2. The molecule has 9 heteroatoms. The number of anilines is 1. The standard InChI is InChI=1S/C18H22ClF3N2O3/c19-15-7-6-13(23-16(25)8-9-27-11-18(20,21)22)10-14(15)17(26)24-12-4-2-1-3-5-12/h6-7,10,12H,1-5,8-9,11H2,(H,23,25)(H,24,26). The van der Waals surface area contributed by atoms with Crippen molar-refractivity contribution in [1.82, 2.24) is 5.32 Å². The number of hydrogen-bond acceptors (Lipinski definition) is 3. The van der Waals surface area contributed by atoms with Crippen LogP contribution in [0.5, 0.6) is 0 Å². The molecule has 1 aliphatic rings. The summed E-state index contributed by atoms with van der Waals surface area (Å²) in [6.07, 6.45) is 0.517. The highest BCUT2D eigenvalue weighted by Gasteiger charge is 2.27. The number of ether oxygens (including phenoxy) is 1. The van der Waals surface area contributed by atoms with Crippen LogP contribution in [0.3, 0.4) is 0 Å². The van der Waals surface area contributed by atoms with Gasteiger partial charge in [0.15, 0.2) is 0 Å². The highest BCUT2D eigenvalue weighted by molar-refractivity contribution is 6.34. The number of carbonyl (C=O) groups excluding carboxylic acids is 2. The van der Waals surface area contributed by atoms with Crippen molar-refractivity contribution in [2.45, 2.75) is 50.7 Å². The quantitative estimate of drug-likeness (QED) is 0.663. The van der Waals surface area contributed by atoms with Crippen LogP contribution in [0.1, 0.15) is 48.9 Å². The molecular formula is C18H22ClF3N2O3. The van der Waals surface area contributed by atoms with Crippen LogP contribution in [0, 0.1) is 0 Å². The fourth-order valence-electron chi connectivity index (χ4n) is 2.86. The molecule has 0 atom stereocenters. The number of benzene rings is 1. The van der Waals surface area contributed by atoms with Crippen LogP contribution >= 0.6 is 11.6 Å². The average molecular weight is 407 g/mol. The number of nitrogens with one attached hydrogen (secondary N) is 2. The fourth-order valence-corrected chi connectivity index (χ4v) is 3.07. The first-order valence-electron chi connectivity index (χ1n) is 8.79. The van der Waals surface area contributed by atoms with Crippen LogP contribution in [-0.2, 0) is 9.53 Å². The van der Waals surface area contributed by atoms with E-state index in [1.807, 2.05) is 0 Å². The lowest BCUT2D eigenvalue weighted by Crippen LogP contribution is -2.36. The van der Waals surface area contributed by atoms with Crippen molar-refractivity contribution in [3.8, 4) is 0 Å². The maximum atomic E-state index is 12.4. The zero-order valence-electron chi connectivity index (χ0n) is 14.7. The van der Waals surface area contributed by atoms with Gasteiger partial charge in [-0.1, -0.05) is 30.9 Å². The number of halogens is 4. The Morgan fingerprint density at radius 1 is 1.19 bits per heavy atom. The van der Waals surface area contributed by atoms with Crippen molar-refractivity contribution in [3.05, 3.63) is 28.8 Å². The summed E-state index contributed by atoms with van der Waals surface area (Å²) in [5.41, 5.74) is 0.586. The van der Waals surface area contributed by atoms with E-state index in [1.165, 1.54) is 24.6 Å². The molecule has 1 fully saturated rings. The third-order valence-electron chi connectivity index (χ3n) is 4.17. The van der Waals surface area contributed by atoms with Crippen molar-refractivity contribution < 1.29 is 27.5 Å². The molecule has 2 amide bonds. The minimum atomic E-state index is -4.42. The summed E-state index contributed by atoms with van der Waals surface area (Å²) >= 11 is 6.09. The van der Waals surface area contributed by atoms with Gasteiger partial charge in [-0.3, -0.25) is 9.59 Å². The predicted molar refractivity (Wildman–Crippen MR) is 95.9 cm³/mol. The monoisotopic (exact) mass is 406 g/mol. The molecule has 2 rings (SSSR count). The van der Waals surface area contributed by atoms with Crippen LogP contribution in [0.15, 0.2) is 18.2 Å². The molecule has 2 N–H and O–H groups in total.